The fourth-order valence-corrected chi connectivity index (χ4v) is 3.65. The van der Waals surface area contributed by atoms with Gasteiger partial charge in [-0.25, -0.2) is 9.50 Å². The van der Waals surface area contributed by atoms with E-state index < -0.39 is 0 Å². The van der Waals surface area contributed by atoms with E-state index in [1.165, 1.54) is 5.56 Å². The largest absolute Gasteiger partial charge is 0.349 e. The summed E-state index contributed by atoms with van der Waals surface area (Å²) in [5.74, 6) is -0.176. The number of benzene rings is 1. The highest BCUT2D eigenvalue weighted by Gasteiger charge is 2.19. The molecule has 7 nitrogen and oxygen atoms in total. The van der Waals surface area contributed by atoms with E-state index in [4.69, 9.17) is 0 Å². The van der Waals surface area contributed by atoms with Gasteiger partial charge in [0.15, 0.2) is 5.65 Å². The summed E-state index contributed by atoms with van der Waals surface area (Å²) in [5, 5.41) is 11.9. The molecule has 0 unspecified atom stereocenters. The van der Waals surface area contributed by atoms with Gasteiger partial charge in [-0.15, -0.1) is 0 Å². The number of hydrogen-bond acceptors (Lipinski definition) is 4. The van der Waals surface area contributed by atoms with Crippen molar-refractivity contribution in [1.82, 2.24) is 29.7 Å². The van der Waals surface area contributed by atoms with Crippen LogP contribution in [0.2, 0.25) is 0 Å². The summed E-state index contributed by atoms with van der Waals surface area (Å²) in [6.45, 7) is 6.04. The van der Waals surface area contributed by atoms with Crippen molar-refractivity contribution < 1.29 is 4.79 Å². The van der Waals surface area contributed by atoms with E-state index >= 15 is 0 Å². The summed E-state index contributed by atoms with van der Waals surface area (Å²) >= 11 is 0. The molecule has 7 heteroatoms. The zero-order chi connectivity index (χ0) is 20.5. The third-order valence-corrected chi connectivity index (χ3v) is 5.26. The second-order valence-corrected chi connectivity index (χ2v) is 7.34. The van der Waals surface area contributed by atoms with Crippen LogP contribution in [0.3, 0.4) is 0 Å². The van der Waals surface area contributed by atoms with Gasteiger partial charge in [0.1, 0.15) is 5.56 Å². The van der Waals surface area contributed by atoms with Crippen LogP contribution in [0, 0.1) is 13.8 Å². The lowest BCUT2D eigenvalue weighted by molar-refractivity contribution is 0.0941. The number of aromatic nitrogens is 5. The maximum atomic E-state index is 12.9. The molecule has 1 amide bonds. The number of carbonyl (C=O) groups is 1. The molecule has 0 bridgehead atoms. The van der Waals surface area contributed by atoms with Crippen LogP contribution < -0.4 is 5.32 Å². The van der Waals surface area contributed by atoms with E-state index in [1.54, 1.807) is 16.9 Å². The molecule has 1 atom stereocenters. The van der Waals surface area contributed by atoms with Crippen LogP contribution in [-0.2, 0) is 13.5 Å². The molecule has 1 aromatic carbocycles. The Morgan fingerprint density at radius 1 is 1.17 bits per heavy atom. The molecule has 0 radical (unpaired) electrons. The van der Waals surface area contributed by atoms with E-state index in [2.05, 4.69) is 20.5 Å². The molecule has 148 valence electrons. The Labute approximate surface area is 169 Å². The van der Waals surface area contributed by atoms with Crippen molar-refractivity contribution in [3.63, 3.8) is 0 Å². The predicted molar refractivity (Wildman–Crippen MR) is 112 cm³/mol. The lowest BCUT2D eigenvalue weighted by atomic mass is 10.1. The minimum Gasteiger partial charge on any atom is -0.349 e. The number of nitrogens with one attached hydrogen (secondary N) is 1. The second-order valence-electron chi connectivity index (χ2n) is 7.34. The van der Waals surface area contributed by atoms with Crippen molar-refractivity contribution in [1.29, 1.82) is 0 Å². The third kappa shape index (κ3) is 3.51. The van der Waals surface area contributed by atoms with Crippen LogP contribution in [0.4, 0.5) is 0 Å². The van der Waals surface area contributed by atoms with Gasteiger partial charge in [-0.2, -0.15) is 10.2 Å². The fourth-order valence-electron chi connectivity index (χ4n) is 3.65. The smallest absolute Gasteiger partial charge is 0.256 e. The molecule has 1 N–H and O–H groups in total. The van der Waals surface area contributed by atoms with Gasteiger partial charge in [0.05, 0.1) is 17.6 Å². The van der Waals surface area contributed by atoms with E-state index in [0.717, 1.165) is 29.1 Å². The average Bonchev–Trinajstić information content (AvgIpc) is 3.25. The van der Waals surface area contributed by atoms with Gasteiger partial charge in [0.25, 0.3) is 5.91 Å². The number of amides is 1. The van der Waals surface area contributed by atoms with Gasteiger partial charge >= 0.3 is 0 Å². The summed E-state index contributed by atoms with van der Waals surface area (Å²) in [5.41, 5.74) is 6.21. The zero-order valence-corrected chi connectivity index (χ0v) is 17.0. The van der Waals surface area contributed by atoms with Crippen molar-refractivity contribution in [2.75, 3.05) is 0 Å². The number of hydrogen-bond donors (Lipinski definition) is 1. The van der Waals surface area contributed by atoms with E-state index in [0.29, 0.717) is 11.2 Å². The summed E-state index contributed by atoms with van der Waals surface area (Å²) in [7, 11) is 1.93. The van der Waals surface area contributed by atoms with Crippen molar-refractivity contribution in [2.45, 2.75) is 33.2 Å². The van der Waals surface area contributed by atoms with Gasteiger partial charge in [0.2, 0.25) is 0 Å². The molecule has 0 aliphatic carbocycles. The second kappa shape index (κ2) is 7.50. The molecule has 0 saturated carbocycles. The molecule has 4 rings (SSSR count). The topological polar surface area (TPSA) is 77.1 Å². The van der Waals surface area contributed by atoms with Crippen LogP contribution in [-0.4, -0.2) is 36.3 Å². The monoisotopic (exact) mass is 388 g/mol. The number of fused-ring (bicyclic) bond motifs is 1. The Morgan fingerprint density at radius 3 is 2.62 bits per heavy atom. The quantitative estimate of drug-likeness (QED) is 0.570. The molecule has 3 heterocycles. The SMILES string of the molecule is Cc1nn(C)c(C)c1C[C@@H](C)NC(=O)c1cnn2c(-c3ccccc3)ccnc12. The summed E-state index contributed by atoms with van der Waals surface area (Å²) in [6.07, 6.45) is 4.01. The van der Waals surface area contributed by atoms with Crippen molar-refractivity contribution in [3.05, 3.63) is 71.3 Å². The first-order chi connectivity index (χ1) is 14.0. The maximum Gasteiger partial charge on any atom is 0.256 e. The molecular formula is C22H24N6O. The number of carbonyl (C=O) groups excluding carboxylic acids is 1. The molecule has 0 aliphatic heterocycles. The first-order valence-corrected chi connectivity index (χ1v) is 9.63. The van der Waals surface area contributed by atoms with Gasteiger partial charge in [-0.05, 0) is 38.8 Å². The Kier molecular flexibility index (Phi) is 4.88. The summed E-state index contributed by atoms with van der Waals surface area (Å²) < 4.78 is 3.59. The fraction of sp³-hybridized carbons (Fsp3) is 0.273. The van der Waals surface area contributed by atoms with Gasteiger partial charge in [-0.3, -0.25) is 9.48 Å². The van der Waals surface area contributed by atoms with Crippen molar-refractivity contribution in [3.8, 4) is 11.3 Å². The molecule has 3 aromatic heterocycles. The molecular weight excluding hydrogens is 364 g/mol. The standard InChI is InChI=1S/C22H24N6O/c1-14(12-18-15(2)26-27(4)16(18)3)25-22(29)19-13-24-28-20(10-11-23-21(19)28)17-8-6-5-7-9-17/h5-11,13-14H,12H2,1-4H3,(H,25,29)/t14-/m1/s1. The molecule has 0 spiro atoms. The van der Waals surface area contributed by atoms with Crippen molar-refractivity contribution in [2.24, 2.45) is 7.05 Å². The Balaban J connectivity index is 1.58. The normalized spacial score (nSPS) is 12.3. The van der Waals surface area contributed by atoms with Gasteiger partial charge in [-0.1, -0.05) is 30.3 Å². The molecule has 29 heavy (non-hydrogen) atoms. The highest BCUT2D eigenvalue weighted by molar-refractivity contribution is 6.00. The zero-order valence-electron chi connectivity index (χ0n) is 17.0. The number of nitrogens with zero attached hydrogens (tertiary/aromatic N) is 5. The maximum absolute atomic E-state index is 12.9. The van der Waals surface area contributed by atoms with Crippen LogP contribution >= 0.6 is 0 Å². The summed E-state index contributed by atoms with van der Waals surface area (Å²) in [6, 6.07) is 11.8. The summed E-state index contributed by atoms with van der Waals surface area (Å²) in [4.78, 5) is 17.3. The first-order valence-electron chi connectivity index (χ1n) is 9.63. The molecule has 0 fully saturated rings. The lowest BCUT2D eigenvalue weighted by Crippen LogP contribution is -2.34. The highest BCUT2D eigenvalue weighted by Crippen LogP contribution is 2.21. The molecule has 0 aliphatic rings. The van der Waals surface area contributed by atoms with Crippen LogP contribution in [0.15, 0.2) is 48.8 Å². The Morgan fingerprint density at radius 2 is 1.93 bits per heavy atom. The third-order valence-electron chi connectivity index (χ3n) is 5.26. The molecule has 0 saturated heterocycles. The Bertz CT molecular complexity index is 1170. The lowest BCUT2D eigenvalue weighted by Gasteiger charge is -2.14. The highest BCUT2D eigenvalue weighted by atomic mass is 16.1. The van der Waals surface area contributed by atoms with E-state index in [9.17, 15) is 4.79 Å². The van der Waals surface area contributed by atoms with Crippen LogP contribution in [0.25, 0.3) is 16.9 Å². The first kappa shape index (κ1) is 18.9. The average molecular weight is 388 g/mol. The van der Waals surface area contributed by atoms with Gasteiger partial charge < -0.3 is 5.32 Å². The predicted octanol–water partition coefficient (Wildman–Crippen LogP) is 3.11. The number of rotatable bonds is 5. The minimum atomic E-state index is -0.176. The van der Waals surface area contributed by atoms with Gasteiger partial charge in [0, 0.05) is 30.5 Å². The Hall–Kier alpha value is -3.48. The minimum absolute atomic E-state index is 0.0450. The van der Waals surface area contributed by atoms with E-state index in [-0.39, 0.29) is 11.9 Å². The van der Waals surface area contributed by atoms with E-state index in [1.807, 2.05) is 68.9 Å². The van der Waals surface area contributed by atoms with Crippen LogP contribution in [0.5, 0.6) is 0 Å². The molecule has 4 aromatic rings. The number of aryl methyl sites for hydroxylation is 2. The van der Waals surface area contributed by atoms with Crippen molar-refractivity contribution >= 4 is 11.6 Å². The van der Waals surface area contributed by atoms with Crippen LogP contribution in [0.1, 0.15) is 34.2 Å².